The fraction of sp³-hybridized carbons (Fsp3) is 0.400. The van der Waals surface area contributed by atoms with Crippen molar-refractivity contribution in [1.29, 1.82) is 0 Å². The summed E-state index contributed by atoms with van der Waals surface area (Å²) in [5.41, 5.74) is 0.536. The van der Waals surface area contributed by atoms with Crippen LogP contribution in [0, 0.1) is 5.82 Å². The number of hydrogen-bond acceptors (Lipinski definition) is 3. The van der Waals surface area contributed by atoms with Gasteiger partial charge in [0.15, 0.2) is 11.5 Å². The zero-order chi connectivity index (χ0) is 10.6. The summed E-state index contributed by atoms with van der Waals surface area (Å²) in [4.78, 5) is 0. The molecule has 0 aliphatic rings. The number of aromatic hydroxyl groups is 1. The molecule has 1 aromatic carbocycles. The molecule has 0 radical (unpaired) electrons. The summed E-state index contributed by atoms with van der Waals surface area (Å²) in [5, 5.41) is 12.2. The topological polar surface area (TPSA) is 41.5 Å². The van der Waals surface area contributed by atoms with Crippen molar-refractivity contribution in [2.24, 2.45) is 0 Å². The molecule has 0 unspecified atom stereocenters. The average molecular weight is 199 g/mol. The maximum Gasteiger partial charge on any atom is 0.160 e. The van der Waals surface area contributed by atoms with Gasteiger partial charge in [-0.05, 0) is 31.6 Å². The van der Waals surface area contributed by atoms with Gasteiger partial charge in [-0.15, -0.1) is 0 Å². The second-order valence-corrected chi connectivity index (χ2v) is 2.97. The van der Waals surface area contributed by atoms with Crippen LogP contribution >= 0.6 is 0 Å². The van der Waals surface area contributed by atoms with Gasteiger partial charge < -0.3 is 15.2 Å². The van der Waals surface area contributed by atoms with E-state index in [-0.39, 0.29) is 5.75 Å². The molecule has 1 rings (SSSR count). The lowest BCUT2D eigenvalue weighted by Gasteiger charge is -2.07. The molecule has 0 aliphatic heterocycles. The molecule has 2 N–H and O–H groups in total. The minimum atomic E-state index is -0.404. The number of nitrogens with one attached hydrogen (secondary N) is 1. The highest BCUT2D eigenvalue weighted by Crippen LogP contribution is 2.28. The Labute approximate surface area is 82.5 Å². The Morgan fingerprint density at radius 2 is 2.21 bits per heavy atom. The molecule has 14 heavy (non-hydrogen) atoms. The van der Waals surface area contributed by atoms with E-state index in [9.17, 15) is 9.50 Å². The van der Waals surface area contributed by atoms with Crippen molar-refractivity contribution in [2.75, 3.05) is 20.7 Å². The average Bonchev–Trinajstić information content (AvgIpc) is 2.17. The lowest BCUT2D eigenvalue weighted by molar-refractivity contribution is 0.370. The first-order valence-electron chi connectivity index (χ1n) is 4.39. The largest absolute Gasteiger partial charge is 0.504 e. The van der Waals surface area contributed by atoms with E-state index in [0.717, 1.165) is 6.07 Å². The number of phenolic OH excluding ortho intramolecular Hbond substituents is 1. The Bertz CT molecular complexity index is 315. The third kappa shape index (κ3) is 2.35. The van der Waals surface area contributed by atoms with Gasteiger partial charge in [0.2, 0.25) is 0 Å². The molecule has 0 heterocycles. The van der Waals surface area contributed by atoms with Crippen LogP contribution in [0.25, 0.3) is 0 Å². The van der Waals surface area contributed by atoms with Crippen LogP contribution in [-0.2, 0) is 6.42 Å². The monoisotopic (exact) mass is 199 g/mol. The van der Waals surface area contributed by atoms with E-state index >= 15 is 0 Å². The number of hydrogen-bond donors (Lipinski definition) is 2. The van der Waals surface area contributed by atoms with Crippen LogP contribution in [0.3, 0.4) is 0 Å². The molecule has 0 spiro atoms. The van der Waals surface area contributed by atoms with Gasteiger partial charge in [0.25, 0.3) is 0 Å². The van der Waals surface area contributed by atoms with Crippen molar-refractivity contribution in [3.8, 4) is 11.5 Å². The minimum Gasteiger partial charge on any atom is -0.504 e. The fourth-order valence-electron chi connectivity index (χ4n) is 1.20. The smallest absolute Gasteiger partial charge is 0.160 e. The maximum absolute atomic E-state index is 13.2. The molecule has 0 atom stereocenters. The van der Waals surface area contributed by atoms with E-state index in [2.05, 4.69) is 5.32 Å². The van der Waals surface area contributed by atoms with Gasteiger partial charge in [-0.2, -0.15) is 0 Å². The van der Waals surface area contributed by atoms with E-state index in [0.29, 0.717) is 24.3 Å². The summed E-state index contributed by atoms with van der Waals surface area (Å²) < 4.78 is 18.1. The van der Waals surface area contributed by atoms with Gasteiger partial charge in [-0.25, -0.2) is 4.39 Å². The van der Waals surface area contributed by atoms with Gasteiger partial charge in [-0.1, -0.05) is 0 Å². The Balaban J connectivity index is 2.92. The summed E-state index contributed by atoms with van der Waals surface area (Å²) in [7, 11) is 3.24. The highest BCUT2D eigenvalue weighted by Gasteiger charge is 2.08. The van der Waals surface area contributed by atoms with Crippen LogP contribution in [-0.4, -0.2) is 25.8 Å². The van der Waals surface area contributed by atoms with Crippen molar-refractivity contribution < 1.29 is 14.2 Å². The van der Waals surface area contributed by atoms with Crippen molar-refractivity contribution >= 4 is 0 Å². The molecule has 0 aliphatic carbocycles. The number of phenols is 1. The number of rotatable bonds is 4. The van der Waals surface area contributed by atoms with E-state index in [1.807, 2.05) is 0 Å². The zero-order valence-electron chi connectivity index (χ0n) is 8.30. The second kappa shape index (κ2) is 4.81. The Hall–Kier alpha value is -1.29. The Morgan fingerprint density at radius 3 is 2.79 bits per heavy atom. The molecular weight excluding hydrogens is 185 g/mol. The first-order valence-corrected chi connectivity index (χ1v) is 4.39. The Morgan fingerprint density at radius 1 is 1.50 bits per heavy atom. The molecule has 0 bridgehead atoms. The van der Waals surface area contributed by atoms with Crippen molar-refractivity contribution in [3.05, 3.63) is 23.5 Å². The van der Waals surface area contributed by atoms with E-state index in [4.69, 9.17) is 4.74 Å². The normalized spacial score (nSPS) is 10.2. The predicted molar refractivity (Wildman–Crippen MR) is 52.2 cm³/mol. The second-order valence-electron chi connectivity index (χ2n) is 2.97. The number of halogens is 1. The third-order valence-corrected chi connectivity index (χ3v) is 1.99. The first-order chi connectivity index (χ1) is 6.69. The van der Waals surface area contributed by atoms with Gasteiger partial charge >= 0.3 is 0 Å². The van der Waals surface area contributed by atoms with Gasteiger partial charge in [0, 0.05) is 6.07 Å². The van der Waals surface area contributed by atoms with Crippen LogP contribution in [0.2, 0.25) is 0 Å². The van der Waals surface area contributed by atoms with Crippen LogP contribution in [0.1, 0.15) is 5.56 Å². The lowest BCUT2D eigenvalue weighted by atomic mass is 10.1. The molecule has 0 saturated heterocycles. The molecule has 3 nitrogen and oxygen atoms in total. The summed E-state index contributed by atoms with van der Waals surface area (Å²) >= 11 is 0. The molecule has 0 fully saturated rings. The zero-order valence-corrected chi connectivity index (χ0v) is 8.30. The highest BCUT2D eigenvalue weighted by atomic mass is 19.1. The molecular formula is C10H14FNO2. The minimum absolute atomic E-state index is 0.168. The van der Waals surface area contributed by atoms with E-state index in [1.54, 1.807) is 7.05 Å². The van der Waals surface area contributed by atoms with Crippen LogP contribution in [0.4, 0.5) is 4.39 Å². The van der Waals surface area contributed by atoms with E-state index < -0.39 is 5.82 Å². The molecule has 78 valence electrons. The van der Waals surface area contributed by atoms with Crippen molar-refractivity contribution in [2.45, 2.75) is 6.42 Å². The molecule has 1 aromatic rings. The van der Waals surface area contributed by atoms with Crippen LogP contribution in [0.5, 0.6) is 11.5 Å². The molecule has 4 heteroatoms. The van der Waals surface area contributed by atoms with Gasteiger partial charge in [0.1, 0.15) is 5.82 Å². The Kier molecular flexibility index (Phi) is 3.71. The van der Waals surface area contributed by atoms with Gasteiger partial charge in [0.05, 0.1) is 7.11 Å². The summed E-state index contributed by atoms with van der Waals surface area (Å²) in [6.45, 7) is 0.685. The maximum atomic E-state index is 13.2. The predicted octanol–water partition coefficient (Wildman–Crippen LogP) is 1.30. The first kappa shape index (κ1) is 10.8. The number of methoxy groups -OCH3 is 1. The molecule has 0 aromatic heterocycles. The van der Waals surface area contributed by atoms with E-state index in [1.165, 1.54) is 13.2 Å². The summed E-state index contributed by atoms with van der Waals surface area (Å²) in [5.74, 6) is -0.269. The standard InChI is InChI=1S/C10H14FNO2/c1-12-4-3-7-5-10(14-2)9(13)6-8(7)11/h5-6,12-13H,3-4H2,1-2H3. The number of likely N-dealkylation sites (N-methyl/N-ethyl adjacent to an activating group) is 1. The summed E-state index contributed by atoms with van der Waals surface area (Å²) in [6, 6.07) is 2.59. The van der Waals surface area contributed by atoms with Crippen molar-refractivity contribution in [3.63, 3.8) is 0 Å². The van der Waals surface area contributed by atoms with Gasteiger partial charge in [-0.3, -0.25) is 0 Å². The van der Waals surface area contributed by atoms with Crippen molar-refractivity contribution in [1.82, 2.24) is 5.32 Å². The van der Waals surface area contributed by atoms with Crippen LogP contribution < -0.4 is 10.1 Å². The number of ether oxygens (including phenoxy) is 1. The quantitative estimate of drug-likeness (QED) is 0.768. The third-order valence-electron chi connectivity index (χ3n) is 1.99. The fourth-order valence-corrected chi connectivity index (χ4v) is 1.20. The highest BCUT2D eigenvalue weighted by molar-refractivity contribution is 5.42. The molecule has 0 saturated carbocycles. The summed E-state index contributed by atoms with van der Waals surface area (Å²) in [6.07, 6.45) is 0.568. The SMILES string of the molecule is CNCCc1cc(OC)c(O)cc1F. The van der Waals surface area contributed by atoms with Crippen LogP contribution in [0.15, 0.2) is 12.1 Å². The lowest BCUT2D eigenvalue weighted by Crippen LogP contribution is -2.11. The molecule has 0 amide bonds. The number of benzene rings is 1.